The molecule has 0 bridgehead atoms. The molecule has 0 spiro atoms. The summed E-state index contributed by atoms with van der Waals surface area (Å²) < 4.78 is 0. The topological polar surface area (TPSA) is 82.6 Å². The Labute approximate surface area is 199 Å². The summed E-state index contributed by atoms with van der Waals surface area (Å²) in [5, 5.41) is 2.84. The summed E-state index contributed by atoms with van der Waals surface area (Å²) >= 11 is 0. The summed E-state index contributed by atoms with van der Waals surface area (Å²) in [7, 11) is 0. The standard InChI is InChI=1S/C27H28N4O3/c1-3-27(23-13-5-4-6-14-23)25(33)31(26(34)29-27)19-24(32)30(17-21-11-9-15-28-16-21)18-22-12-8-7-10-20(22)2/h4-16H,3,17-19H2,1-2H3,(H,29,34). The van der Waals surface area contributed by atoms with Gasteiger partial charge in [-0.05, 0) is 41.7 Å². The Hall–Kier alpha value is -4.00. The van der Waals surface area contributed by atoms with Gasteiger partial charge in [-0.15, -0.1) is 0 Å². The predicted molar refractivity (Wildman–Crippen MR) is 128 cm³/mol. The highest BCUT2D eigenvalue weighted by molar-refractivity contribution is 6.09. The van der Waals surface area contributed by atoms with Crippen LogP contribution in [0.15, 0.2) is 79.1 Å². The number of hydrogen-bond acceptors (Lipinski definition) is 4. The van der Waals surface area contributed by atoms with Gasteiger partial charge in [-0.25, -0.2) is 4.79 Å². The number of carbonyl (C=O) groups is 3. The molecule has 1 aliphatic rings. The van der Waals surface area contributed by atoms with E-state index < -0.39 is 17.5 Å². The van der Waals surface area contributed by atoms with Crippen LogP contribution >= 0.6 is 0 Å². The third kappa shape index (κ3) is 4.55. The first-order valence-electron chi connectivity index (χ1n) is 11.4. The molecule has 1 saturated heterocycles. The van der Waals surface area contributed by atoms with Gasteiger partial charge in [0.25, 0.3) is 5.91 Å². The average Bonchev–Trinajstić information content (AvgIpc) is 3.11. The van der Waals surface area contributed by atoms with E-state index in [4.69, 9.17) is 0 Å². The number of hydrogen-bond donors (Lipinski definition) is 1. The van der Waals surface area contributed by atoms with Gasteiger partial charge in [0.15, 0.2) is 0 Å². The van der Waals surface area contributed by atoms with Gasteiger partial charge in [0.2, 0.25) is 5.91 Å². The first-order valence-corrected chi connectivity index (χ1v) is 11.4. The number of pyridine rings is 1. The van der Waals surface area contributed by atoms with Crippen molar-refractivity contribution in [3.8, 4) is 0 Å². The second-order valence-electron chi connectivity index (χ2n) is 8.48. The Morgan fingerprint density at radius 1 is 1.00 bits per heavy atom. The minimum atomic E-state index is -1.16. The Bertz CT molecular complexity index is 1180. The van der Waals surface area contributed by atoms with E-state index in [-0.39, 0.29) is 12.5 Å². The van der Waals surface area contributed by atoms with Gasteiger partial charge in [0.05, 0.1) is 0 Å². The highest BCUT2D eigenvalue weighted by Crippen LogP contribution is 2.32. The summed E-state index contributed by atoms with van der Waals surface area (Å²) in [5.41, 5.74) is 2.48. The molecule has 7 heteroatoms. The molecule has 0 saturated carbocycles. The van der Waals surface area contributed by atoms with Gasteiger partial charge >= 0.3 is 6.03 Å². The predicted octanol–water partition coefficient (Wildman–Crippen LogP) is 3.78. The third-order valence-corrected chi connectivity index (χ3v) is 6.34. The van der Waals surface area contributed by atoms with Gasteiger partial charge in [-0.2, -0.15) is 0 Å². The minimum Gasteiger partial charge on any atom is -0.332 e. The Balaban J connectivity index is 1.58. The molecule has 1 aromatic heterocycles. The van der Waals surface area contributed by atoms with E-state index in [9.17, 15) is 14.4 Å². The molecule has 1 N–H and O–H groups in total. The SMILES string of the molecule is CCC1(c2ccccc2)NC(=O)N(CC(=O)N(Cc2cccnc2)Cc2ccccc2C)C1=O. The number of nitrogens with zero attached hydrogens (tertiary/aromatic N) is 3. The largest absolute Gasteiger partial charge is 0.332 e. The molecule has 4 amide bonds. The van der Waals surface area contributed by atoms with E-state index in [1.54, 1.807) is 17.3 Å². The van der Waals surface area contributed by atoms with Crippen molar-refractivity contribution in [2.45, 2.75) is 38.9 Å². The number of aryl methyl sites for hydroxylation is 1. The van der Waals surface area contributed by atoms with E-state index in [0.717, 1.165) is 21.6 Å². The van der Waals surface area contributed by atoms with Crippen LogP contribution in [-0.2, 0) is 28.2 Å². The number of nitrogens with one attached hydrogen (secondary N) is 1. The number of benzene rings is 2. The quantitative estimate of drug-likeness (QED) is 0.523. The number of carbonyl (C=O) groups excluding carboxylic acids is 3. The minimum absolute atomic E-state index is 0.310. The lowest BCUT2D eigenvalue weighted by molar-refractivity contribution is -0.140. The molecule has 1 atom stereocenters. The molecule has 2 aromatic carbocycles. The lowest BCUT2D eigenvalue weighted by Gasteiger charge is -2.27. The van der Waals surface area contributed by atoms with Crippen LogP contribution in [0, 0.1) is 6.92 Å². The van der Waals surface area contributed by atoms with Crippen LogP contribution in [0.1, 0.15) is 35.6 Å². The van der Waals surface area contributed by atoms with Crippen LogP contribution in [0.4, 0.5) is 4.79 Å². The third-order valence-electron chi connectivity index (χ3n) is 6.34. The lowest BCUT2D eigenvalue weighted by atomic mass is 9.87. The van der Waals surface area contributed by atoms with Crippen LogP contribution in [-0.4, -0.2) is 39.2 Å². The van der Waals surface area contributed by atoms with E-state index in [0.29, 0.717) is 25.1 Å². The molecule has 0 aliphatic carbocycles. The zero-order valence-corrected chi connectivity index (χ0v) is 19.4. The maximum atomic E-state index is 13.5. The zero-order valence-electron chi connectivity index (χ0n) is 19.4. The molecule has 2 heterocycles. The van der Waals surface area contributed by atoms with Gasteiger partial charge in [-0.3, -0.25) is 19.5 Å². The molecule has 1 aliphatic heterocycles. The van der Waals surface area contributed by atoms with Crippen molar-refractivity contribution < 1.29 is 14.4 Å². The first-order chi connectivity index (χ1) is 16.4. The van der Waals surface area contributed by atoms with Gasteiger partial charge in [0, 0.05) is 25.5 Å². The first kappa shape index (κ1) is 23.2. The Kier molecular flexibility index (Phi) is 6.72. The van der Waals surface area contributed by atoms with Crippen LogP contribution < -0.4 is 5.32 Å². The van der Waals surface area contributed by atoms with E-state index in [1.165, 1.54) is 0 Å². The molecule has 1 fully saturated rings. The number of rotatable bonds is 8. The molecule has 1 unspecified atom stereocenters. The Morgan fingerprint density at radius 2 is 1.74 bits per heavy atom. The monoisotopic (exact) mass is 456 g/mol. The fraction of sp³-hybridized carbons (Fsp3) is 0.259. The fourth-order valence-corrected chi connectivity index (χ4v) is 4.30. The van der Waals surface area contributed by atoms with Crippen LogP contribution in [0.25, 0.3) is 0 Å². The summed E-state index contributed by atoms with van der Waals surface area (Å²) in [6.45, 7) is 4.20. The van der Waals surface area contributed by atoms with Crippen molar-refractivity contribution in [3.63, 3.8) is 0 Å². The van der Waals surface area contributed by atoms with Crippen molar-refractivity contribution in [1.29, 1.82) is 0 Å². The summed E-state index contributed by atoms with van der Waals surface area (Å²) in [6.07, 6.45) is 3.77. The molecular weight excluding hydrogens is 428 g/mol. The van der Waals surface area contributed by atoms with Crippen molar-refractivity contribution in [2.75, 3.05) is 6.54 Å². The van der Waals surface area contributed by atoms with Crippen molar-refractivity contribution in [1.82, 2.24) is 20.1 Å². The number of urea groups is 1. The Morgan fingerprint density at radius 3 is 2.41 bits per heavy atom. The fourth-order valence-electron chi connectivity index (χ4n) is 4.30. The molecule has 3 aromatic rings. The normalized spacial score (nSPS) is 17.5. The second-order valence-corrected chi connectivity index (χ2v) is 8.48. The van der Waals surface area contributed by atoms with E-state index >= 15 is 0 Å². The molecule has 7 nitrogen and oxygen atoms in total. The number of aromatic nitrogens is 1. The molecule has 4 rings (SSSR count). The van der Waals surface area contributed by atoms with E-state index in [1.807, 2.05) is 80.6 Å². The van der Waals surface area contributed by atoms with Crippen LogP contribution in [0.3, 0.4) is 0 Å². The second kappa shape index (κ2) is 9.87. The van der Waals surface area contributed by atoms with Gasteiger partial charge < -0.3 is 10.2 Å². The maximum Gasteiger partial charge on any atom is 0.325 e. The lowest BCUT2D eigenvalue weighted by Crippen LogP contribution is -2.45. The van der Waals surface area contributed by atoms with E-state index in [2.05, 4.69) is 10.3 Å². The molecule has 174 valence electrons. The average molecular weight is 457 g/mol. The molecule has 34 heavy (non-hydrogen) atoms. The van der Waals surface area contributed by atoms with Crippen LogP contribution in [0.5, 0.6) is 0 Å². The molecular formula is C27H28N4O3. The van der Waals surface area contributed by atoms with Crippen molar-refractivity contribution in [3.05, 3.63) is 101 Å². The zero-order chi connectivity index (χ0) is 24.1. The van der Waals surface area contributed by atoms with Crippen molar-refractivity contribution in [2.24, 2.45) is 0 Å². The molecule has 0 radical (unpaired) electrons. The summed E-state index contributed by atoms with van der Waals surface area (Å²) in [4.78, 5) is 46.7. The highest BCUT2D eigenvalue weighted by atomic mass is 16.2. The van der Waals surface area contributed by atoms with Crippen molar-refractivity contribution >= 4 is 17.8 Å². The van der Waals surface area contributed by atoms with Gasteiger partial charge in [0.1, 0.15) is 12.1 Å². The number of imide groups is 1. The highest BCUT2D eigenvalue weighted by Gasteiger charge is 2.51. The van der Waals surface area contributed by atoms with Gasteiger partial charge in [-0.1, -0.05) is 67.6 Å². The summed E-state index contributed by atoms with van der Waals surface area (Å²) in [6, 6.07) is 20.2. The summed E-state index contributed by atoms with van der Waals surface area (Å²) in [5.74, 6) is -0.715. The van der Waals surface area contributed by atoms with Crippen LogP contribution in [0.2, 0.25) is 0 Å². The smallest absolute Gasteiger partial charge is 0.325 e. The maximum absolute atomic E-state index is 13.5. The number of amides is 4.